The van der Waals surface area contributed by atoms with E-state index in [1.807, 2.05) is 0 Å². The van der Waals surface area contributed by atoms with E-state index in [1.165, 1.54) is 11.0 Å². The fourth-order valence-corrected chi connectivity index (χ4v) is 1.50. The van der Waals surface area contributed by atoms with Gasteiger partial charge in [-0.25, -0.2) is 4.79 Å². The van der Waals surface area contributed by atoms with Crippen molar-refractivity contribution in [2.45, 2.75) is 26.4 Å². The largest absolute Gasteiger partial charge is 0.443 e. The van der Waals surface area contributed by atoms with Crippen LogP contribution in [0.1, 0.15) is 26.3 Å². The third kappa shape index (κ3) is 4.72. The lowest BCUT2D eigenvalue weighted by atomic mass is 10.1. The molecule has 0 unspecified atom stereocenters. The fraction of sp³-hybridized carbons (Fsp3) is 0.357. The van der Waals surface area contributed by atoms with Crippen LogP contribution in [-0.4, -0.2) is 23.7 Å². The van der Waals surface area contributed by atoms with Gasteiger partial charge < -0.3 is 4.74 Å². The second kappa shape index (κ2) is 6.18. The van der Waals surface area contributed by atoms with E-state index in [0.717, 1.165) is 6.20 Å². The molecule has 0 bridgehead atoms. The average Bonchev–Trinajstić information content (AvgIpc) is 2.33. The molecule has 0 aliphatic heterocycles. The van der Waals surface area contributed by atoms with E-state index in [9.17, 15) is 14.9 Å². The summed E-state index contributed by atoms with van der Waals surface area (Å²) in [7, 11) is 1.56. The Morgan fingerprint density at radius 2 is 1.95 bits per heavy atom. The Kier molecular flexibility index (Phi) is 4.85. The summed E-state index contributed by atoms with van der Waals surface area (Å²) < 4.78 is 5.26. The van der Waals surface area contributed by atoms with E-state index in [0.29, 0.717) is 11.3 Å². The molecule has 0 atom stereocenters. The quantitative estimate of drug-likeness (QED) is 0.628. The molecule has 0 saturated carbocycles. The van der Waals surface area contributed by atoms with Gasteiger partial charge in [0.15, 0.2) is 0 Å². The lowest BCUT2D eigenvalue weighted by Crippen LogP contribution is -2.34. The van der Waals surface area contributed by atoms with Crippen LogP contribution in [0.2, 0.25) is 0 Å². The molecule has 0 aliphatic carbocycles. The van der Waals surface area contributed by atoms with Gasteiger partial charge >= 0.3 is 6.09 Å². The Labute approximate surface area is 117 Å². The molecule has 0 fully saturated rings. The Morgan fingerprint density at radius 1 is 1.35 bits per heavy atom. The van der Waals surface area contributed by atoms with Crippen LogP contribution in [0.15, 0.2) is 30.5 Å². The van der Waals surface area contributed by atoms with Gasteiger partial charge in [0.2, 0.25) is 6.20 Å². The standard InChI is InChI=1S/C14H18N2O4/c1-14(2,3)20-13(17)15(4)12-8-6-5-7-11(12)9-10-16(18)19/h5-10H,1-4H3/b10-9+. The minimum absolute atomic E-state index is 0.514. The van der Waals surface area contributed by atoms with Crippen LogP contribution in [0.25, 0.3) is 6.08 Å². The monoisotopic (exact) mass is 278 g/mol. The highest BCUT2D eigenvalue weighted by Crippen LogP contribution is 2.22. The van der Waals surface area contributed by atoms with Crippen molar-refractivity contribution in [3.63, 3.8) is 0 Å². The molecular weight excluding hydrogens is 260 g/mol. The van der Waals surface area contributed by atoms with Crippen LogP contribution in [0.4, 0.5) is 10.5 Å². The number of ether oxygens (including phenoxy) is 1. The van der Waals surface area contributed by atoms with Gasteiger partial charge in [-0.3, -0.25) is 15.0 Å². The molecular formula is C14H18N2O4. The zero-order chi connectivity index (χ0) is 15.3. The third-order valence-electron chi connectivity index (χ3n) is 2.34. The summed E-state index contributed by atoms with van der Waals surface area (Å²) in [5.74, 6) is 0. The molecule has 1 aromatic carbocycles. The maximum absolute atomic E-state index is 12.0. The first-order chi connectivity index (χ1) is 9.20. The number of nitro groups is 1. The molecule has 0 radical (unpaired) electrons. The van der Waals surface area contributed by atoms with Crippen molar-refractivity contribution in [2.75, 3.05) is 11.9 Å². The number of nitrogens with zero attached hydrogens (tertiary/aromatic N) is 2. The number of para-hydroxylation sites is 1. The van der Waals surface area contributed by atoms with Crippen LogP contribution in [0.3, 0.4) is 0 Å². The number of hydrogen-bond acceptors (Lipinski definition) is 4. The molecule has 0 aromatic heterocycles. The zero-order valence-electron chi connectivity index (χ0n) is 12.0. The Bertz CT molecular complexity index is 532. The third-order valence-corrected chi connectivity index (χ3v) is 2.34. The Balaban J connectivity index is 3.01. The van der Waals surface area contributed by atoms with Gasteiger partial charge in [0.25, 0.3) is 0 Å². The van der Waals surface area contributed by atoms with Crippen molar-refractivity contribution in [1.82, 2.24) is 0 Å². The van der Waals surface area contributed by atoms with Crippen LogP contribution in [-0.2, 0) is 4.74 Å². The normalized spacial score (nSPS) is 11.4. The second-order valence-corrected chi connectivity index (χ2v) is 5.20. The van der Waals surface area contributed by atoms with E-state index in [4.69, 9.17) is 4.74 Å². The highest BCUT2D eigenvalue weighted by Gasteiger charge is 2.21. The summed E-state index contributed by atoms with van der Waals surface area (Å²) >= 11 is 0. The average molecular weight is 278 g/mol. The van der Waals surface area contributed by atoms with Crippen LogP contribution < -0.4 is 4.90 Å². The van der Waals surface area contributed by atoms with Crippen molar-refractivity contribution in [3.8, 4) is 0 Å². The molecule has 1 aromatic rings. The van der Waals surface area contributed by atoms with E-state index in [1.54, 1.807) is 52.1 Å². The highest BCUT2D eigenvalue weighted by molar-refractivity contribution is 5.90. The minimum atomic E-state index is -0.600. The first-order valence-corrected chi connectivity index (χ1v) is 6.08. The number of carbonyl (C=O) groups excluding carboxylic acids is 1. The lowest BCUT2D eigenvalue weighted by Gasteiger charge is -2.25. The first-order valence-electron chi connectivity index (χ1n) is 6.08. The first kappa shape index (κ1) is 15.7. The highest BCUT2D eigenvalue weighted by atomic mass is 16.6. The molecule has 1 rings (SSSR count). The summed E-state index contributed by atoms with van der Waals surface area (Å²) in [6.07, 6.45) is 1.66. The van der Waals surface area contributed by atoms with Crippen LogP contribution >= 0.6 is 0 Å². The molecule has 0 N–H and O–H groups in total. The lowest BCUT2D eigenvalue weighted by molar-refractivity contribution is -0.400. The van der Waals surface area contributed by atoms with Crippen molar-refractivity contribution >= 4 is 17.9 Å². The predicted octanol–water partition coefficient (Wildman–Crippen LogP) is 3.31. The molecule has 6 heteroatoms. The molecule has 1 amide bonds. The van der Waals surface area contributed by atoms with Gasteiger partial charge in [-0.1, -0.05) is 18.2 Å². The van der Waals surface area contributed by atoms with Gasteiger partial charge in [0, 0.05) is 18.7 Å². The summed E-state index contributed by atoms with van der Waals surface area (Å²) in [5, 5.41) is 10.4. The smallest absolute Gasteiger partial charge is 0.414 e. The summed E-state index contributed by atoms with van der Waals surface area (Å²) in [6.45, 7) is 5.33. The molecule has 0 spiro atoms. The number of amides is 1. The maximum atomic E-state index is 12.0. The van der Waals surface area contributed by atoms with Gasteiger partial charge in [-0.15, -0.1) is 0 Å². The second-order valence-electron chi connectivity index (χ2n) is 5.20. The fourth-order valence-electron chi connectivity index (χ4n) is 1.50. The maximum Gasteiger partial charge on any atom is 0.414 e. The van der Waals surface area contributed by atoms with Crippen molar-refractivity contribution in [3.05, 3.63) is 46.1 Å². The van der Waals surface area contributed by atoms with Crippen LogP contribution in [0.5, 0.6) is 0 Å². The number of carbonyl (C=O) groups is 1. The van der Waals surface area contributed by atoms with Crippen molar-refractivity contribution in [2.24, 2.45) is 0 Å². The number of rotatable bonds is 3. The van der Waals surface area contributed by atoms with Gasteiger partial charge in [-0.2, -0.15) is 0 Å². The summed E-state index contributed by atoms with van der Waals surface area (Å²) in [4.78, 5) is 23.2. The molecule has 0 saturated heterocycles. The van der Waals surface area contributed by atoms with Gasteiger partial charge in [0.05, 0.1) is 10.6 Å². The van der Waals surface area contributed by atoms with Crippen molar-refractivity contribution in [1.29, 1.82) is 0 Å². The molecule has 108 valence electrons. The van der Waals surface area contributed by atoms with Crippen LogP contribution in [0, 0.1) is 10.1 Å². The number of anilines is 1. The van der Waals surface area contributed by atoms with Gasteiger partial charge in [0.1, 0.15) is 5.60 Å². The van der Waals surface area contributed by atoms with E-state index in [2.05, 4.69) is 0 Å². The predicted molar refractivity (Wildman–Crippen MR) is 77.1 cm³/mol. The molecule has 0 heterocycles. The van der Waals surface area contributed by atoms with E-state index < -0.39 is 16.6 Å². The summed E-state index contributed by atoms with van der Waals surface area (Å²) in [5.41, 5.74) is 0.508. The van der Waals surface area contributed by atoms with E-state index >= 15 is 0 Å². The van der Waals surface area contributed by atoms with E-state index in [-0.39, 0.29) is 0 Å². The number of hydrogen-bond donors (Lipinski definition) is 0. The van der Waals surface area contributed by atoms with Gasteiger partial charge in [-0.05, 0) is 26.8 Å². The molecule has 0 aliphatic rings. The Morgan fingerprint density at radius 3 is 2.50 bits per heavy atom. The van der Waals surface area contributed by atoms with Crippen molar-refractivity contribution < 1.29 is 14.5 Å². The summed E-state index contributed by atoms with van der Waals surface area (Å²) in [6, 6.07) is 6.88. The zero-order valence-corrected chi connectivity index (χ0v) is 12.0. The molecule has 6 nitrogen and oxygen atoms in total. The number of benzene rings is 1. The minimum Gasteiger partial charge on any atom is -0.443 e. The molecule has 20 heavy (non-hydrogen) atoms. The Hall–Kier alpha value is -2.37. The SMILES string of the molecule is CN(C(=O)OC(C)(C)C)c1ccccc1/C=C/[N+](=O)[O-]. The topological polar surface area (TPSA) is 72.7 Å².